The van der Waals surface area contributed by atoms with Gasteiger partial charge in [0.2, 0.25) is 15.9 Å². The lowest BCUT2D eigenvalue weighted by Crippen LogP contribution is -2.28. The van der Waals surface area contributed by atoms with Crippen LogP contribution in [-0.2, 0) is 10.0 Å². The Hall–Kier alpha value is -3.12. The number of hydrogen-bond acceptors (Lipinski definition) is 9. The number of anilines is 1. The van der Waals surface area contributed by atoms with E-state index in [1.165, 1.54) is 23.7 Å². The Morgan fingerprint density at radius 2 is 2.06 bits per heavy atom. The molecule has 1 fully saturated rings. The summed E-state index contributed by atoms with van der Waals surface area (Å²) in [5.41, 5.74) is 1.57. The summed E-state index contributed by atoms with van der Waals surface area (Å²) in [6.07, 6.45) is 8.14. The molecule has 1 aliphatic rings. The van der Waals surface area contributed by atoms with Gasteiger partial charge in [-0.2, -0.15) is 0 Å². The summed E-state index contributed by atoms with van der Waals surface area (Å²) in [5.74, 6) is 0.0569. The van der Waals surface area contributed by atoms with Gasteiger partial charge in [-0.1, -0.05) is 6.92 Å². The summed E-state index contributed by atoms with van der Waals surface area (Å²) in [6, 6.07) is 2.84. The predicted octanol–water partition coefficient (Wildman–Crippen LogP) is 3.18. The van der Waals surface area contributed by atoms with E-state index < -0.39 is 16.1 Å². The van der Waals surface area contributed by atoms with E-state index in [4.69, 9.17) is 4.74 Å². The molecule has 1 unspecified atom stereocenters. The van der Waals surface area contributed by atoms with Gasteiger partial charge in [-0.15, -0.1) is 11.3 Å². The van der Waals surface area contributed by atoms with E-state index in [1.54, 1.807) is 24.5 Å². The van der Waals surface area contributed by atoms with Crippen LogP contribution in [0.15, 0.2) is 36.9 Å². The number of nitrogens with zero attached hydrogens (tertiary/aromatic N) is 4. The second-order valence-corrected chi connectivity index (χ2v) is 10.4. The van der Waals surface area contributed by atoms with Crippen molar-refractivity contribution in [2.24, 2.45) is 0 Å². The number of sulfonamides is 1. The number of pyridine rings is 1. The molecule has 0 spiro atoms. The van der Waals surface area contributed by atoms with Crippen LogP contribution in [0, 0.1) is 0 Å². The van der Waals surface area contributed by atoms with Crippen LogP contribution in [0.4, 0.5) is 5.69 Å². The average Bonchev–Trinajstić information content (AvgIpc) is 3.56. The standard InChI is InChI=1S/C21H24N6O4S2/c1-3-15(16-9-13(7-8-23-16)27-33(29,30)14-5-6-14)26-20(28)21-24-11-18(32-21)17-10-22-12-19(25-17)31-4-2/h7-12,14-15H,3-6H2,1-2H3,(H,23,27)(H,26,28). The van der Waals surface area contributed by atoms with E-state index in [0.29, 0.717) is 53.7 Å². The van der Waals surface area contributed by atoms with Crippen LogP contribution < -0.4 is 14.8 Å². The van der Waals surface area contributed by atoms with E-state index in [2.05, 4.69) is 30.0 Å². The van der Waals surface area contributed by atoms with Crippen molar-refractivity contribution in [3.05, 3.63) is 47.6 Å². The van der Waals surface area contributed by atoms with Crippen molar-refractivity contribution in [3.63, 3.8) is 0 Å². The fraction of sp³-hybridized carbons (Fsp3) is 0.381. The van der Waals surface area contributed by atoms with Crippen molar-refractivity contribution in [1.29, 1.82) is 0 Å². The Bertz CT molecular complexity index is 1240. The number of carbonyl (C=O) groups excluding carboxylic acids is 1. The highest BCUT2D eigenvalue weighted by Crippen LogP contribution is 2.30. The van der Waals surface area contributed by atoms with Gasteiger partial charge >= 0.3 is 0 Å². The molecule has 12 heteroatoms. The highest BCUT2D eigenvalue weighted by Gasteiger charge is 2.35. The number of aromatic nitrogens is 4. The molecule has 0 aromatic carbocycles. The molecule has 2 N–H and O–H groups in total. The van der Waals surface area contributed by atoms with Gasteiger partial charge in [-0.05, 0) is 38.3 Å². The van der Waals surface area contributed by atoms with Gasteiger partial charge in [-0.3, -0.25) is 19.5 Å². The third kappa shape index (κ3) is 5.63. The van der Waals surface area contributed by atoms with Crippen molar-refractivity contribution in [1.82, 2.24) is 25.3 Å². The maximum Gasteiger partial charge on any atom is 0.280 e. The molecule has 3 heterocycles. The van der Waals surface area contributed by atoms with Crippen LogP contribution in [0.1, 0.15) is 54.6 Å². The van der Waals surface area contributed by atoms with Gasteiger partial charge in [0.1, 0.15) is 5.69 Å². The van der Waals surface area contributed by atoms with Gasteiger partial charge in [0.15, 0.2) is 5.01 Å². The van der Waals surface area contributed by atoms with Crippen LogP contribution in [0.2, 0.25) is 0 Å². The minimum absolute atomic E-state index is 0.276. The lowest BCUT2D eigenvalue weighted by Gasteiger charge is -2.17. The number of carbonyl (C=O) groups is 1. The first-order valence-corrected chi connectivity index (χ1v) is 13.0. The Morgan fingerprint density at radius 3 is 2.79 bits per heavy atom. The first-order valence-electron chi connectivity index (χ1n) is 10.6. The van der Waals surface area contributed by atoms with Crippen LogP contribution in [0.25, 0.3) is 10.6 Å². The first kappa shape index (κ1) is 23.1. The molecule has 0 bridgehead atoms. The molecule has 1 saturated carbocycles. The molecule has 174 valence electrons. The van der Waals surface area contributed by atoms with Crippen LogP contribution in [0.3, 0.4) is 0 Å². The predicted molar refractivity (Wildman–Crippen MR) is 125 cm³/mol. The lowest BCUT2D eigenvalue weighted by molar-refractivity contribution is 0.0934. The highest BCUT2D eigenvalue weighted by atomic mass is 32.2. The Balaban J connectivity index is 1.46. The van der Waals surface area contributed by atoms with Crippen LogP contribution in [0.5, 0.6) is 5.88 Å². The molecule has 0 saturated heterocycles. The zero-order valence-corrected chi connectivity index (χ0v) is 19.8. The number of hydrogen-bond donors (Lipinski definition) is 2. The fourth-order valence-electron chi connectivity index (χ4n) is 3.12. The first-order chi connectivity index (χ1) is 15.9. The second kappa shape index (κ2) is 9.79. The Kier molecular flexibility index (Phi) is 6.84. The normalized spacial score (nSPS) is 14.5. The highest BCUT2D eigenvalue weighted by molar-refractivity contribution is 7.93. The van der Waals surface area contributed by atoms with Crippen molar-refractivity contribution in [2.75, 3.05) is 11.3 Å². The number of rotatable bonds is 10. The van der Waals surface area contributed by atoms with Gasteiger partial charge in [-0.25, -0.2) is 18.4 Å². The number of ether oxygens (including phenoxy) is 1. The summed E-state index contributed by atoms with van der Waals surface area (Å²) in [5, 5.41) is 2.88. The monoisotopic (exact) mass is 488 g/mol. The largest absolute Gasteiger partial charge is 0.477 e. The van der Waals surface area contributed by atoms with Crippen molar-refractivity contribution in [3.8, 4) is 16.5 Å². The molecular formula is C21H24N6O4S2. The SMILES string of the molecule is CCOc1cncc(-c2cnc(C(=O)NC(CC)c3cc(NS(=O)(=O)C4CC4)ccn3)s2)n1. The Labute approximate surface area is 195 Å². The molecule has 1 aliphatic carbocycles. The van der Waals surface area contributed by atoms with Crippen molar-refractivity contribution in [2.45, 2.75) is 44.4 Å². The fourth-order valence-corrected chi connectivity index (χ4v) is 5.27. The van der Waals surface area contributed by atoms with Gasteiger partial charge in [0, 0.05) is 12.4 Å². The van der Waals surface area contributed by atoms with E-state index in [1.807, 2.05) is 13.8 Å². The maximum absolute atomic E-state index is 12.8. The summed E-state index contributed by atoms with van der Waals surface area (Å²) in [6.45, 7) is 4.25. The summed E-state index contributed by atoms with van der Waals surface area (Å²) >= 11 is 1.20. The smallest absolute Gasteiger partial charge is 0.280 e. The maximum atomic E-state index is 12.8. The van der Waals surface area contributed by atoms with Crippen LogP contribution in [-0.4, -0.2) is 46.1 Å². The van der Waals surface area contributed by atoms with Gasteiger partial charge in [0.05, 0.1) is 46.6 Å². The molecule has 1 atom stereocenters. The molecule has 0 aliphatic heterocycles. The minimum atomic E-state index is -3.38. The zero-order valence-electron chi connectivity index (χ0n) is 18.2. The quantitative estimate of drug-likeness (QED) is 0.444. The summed E-state index contributed by atoms with van der Waals surface area (Å²) in [4.78, 5) is 30.6. The molecule has 1 amide bonds. The van der Waals surface area contributed by atoms with E-state index in [9.17, 15) is 13.2 Å². The van der Waals surface area contributed by atoms with Crippen molar-refractivity contribution >= 4 is 33.0 Å². The van der Waals surface area contributed by atoms with Gasteiger partial charge in [0.25, 0.3) is 5.91 Å². The van der Waals surface area contributed by atoms with E-state index >= 15 is 0 Å². The third-order valence-electron chi connectivity index (χ3n) is 4.93. The molecule has 3 aromatic rings. The van der Waals surface area contributed by atoms with Gasteiger partial charge < -0.3 is 10.1 Å². The number of amides is 1. The summed E-state index contributed by atoms with van der Waals surface area (Å²) < 4.78 is 32.4. The molecule has 3 aromatic heterocycles. The van der Waals surface area contributed by atoms with E-state index in [0.717, 1.165) is 0 Å². The minimum Gasteiger partial charge on any atom is -0.477 e. The molecule has 10 nitrogen and oxygen atoms in total. The molecule has 33 heavy (non-hydrogen) atoms. The van der Waals surface area contributed by atoms with Crippen molar-refractivity contribution < 1.29 is 17.9 Å². The number of thiazole rings is 1. The average molecular weight is 489 g/mol. The third-order valence-corrected chi connectivity index (χ3v) is 7.82. The Morgan fingerprint density at radius 1 is 1.24 bits per heavy atom. The summed E-state index contributed by atoms with van der Waals surface area (Å²) in [7, 11) is -3.38. The van der Waals surface area contributed by atoms with E-state index in [-0.39, 0.29) is 16.2 Å². The molecular weight excluding hydrogens is 464 g/mol. The zero-order chi connectivity index (χ0) is 23.4. The molecule has 0 radical (unpaired) electrons. The second-order valence-electron chi connectivity index (χ2n) is 7.46. The lowest BCUT2D eigenvalue weighted by atomic mass is 10.1. The molecule has 4 rings (SSSR count). The topological polar surface area (TPSA) is 136 Å². The van der Waals surface area contributed by atoms with Crippen LogP contribution >= 0.6 is 11.3 Å². The number of nitrogens with one attached hydrogen (secondary N) is 2.